The number of unbranched alkanes of at least 4 members (excludes halogenated alkanes) is 1. The molecule has 1 saturated heterocycles. The van der Waals surface area contributed by atoms with E-state index in [9.17, 15) is 4.79 Å². The molecule has 0 N–H and O–H groups in total. The second kappa shape index (κ2) is 6.10. The molecule has 0 radical (unpaired) electrons. The largest absolute Gasteiger partial charge is 0.327 e. The first kappa shape index (κ1) is 12.5. The van der Waals surface area contributed by atoms with Gasteiger partial charge in [-0.05, 0) is 12.0 Å². The molecule has 0 spiro atoms. The summed E-state index contributed by atoms with van der Waals surface area (Å²) in [5, 5.41) is 0.226. The molecule has 0 aromatic heterocycles. The number of benzene rings is 1. The van der Waals surface area contributed by atoms with Gasteiger partial charge in [-0.2, -0.15) is 0 Å². The fourth-order valence-electron chi connectivity index (χ4n) is 2.09. The van der Waals surface area contributed by atoms with Crippen molar-refractivity contribution in [3.63, 3.8) is 0 Å². The maximum absolute atomic E-state index is 12.0. The lowest BCUT2D eigenvalue weighted by molar-refractivity contribution is -0.132. The minimum Gasteiger partial charge on any atom is -0.327 e. The van der Waals surface area contributed by atoms with Gasteiger partial charge in [0.1, 0.15) is 5.37 Å². The third kappa shape index (κ3) is 3.03. The molecule has 1 unspecified atom stereocenters. The molecule has 0 saturated carbocycles. The van der Waals surface area contributed by atoms with Gasteiger partial charge in [0.15, 0.2) is 0 Å². The van der Waals surface area contributed by atoms with Crippen LogP contribution in [-0.4, -0.2) is 23.1 Å². The summed E-state index contributed by atoms with van der Waals surface area (Å²) in [5.74, 6) is 1.26. The first-order valence-electron chi connectivity index (χ1n) is 6.29. The van der Waals surface area contributed by atoms with Gasteiger partial charge in [0.05, 0.1) is 0 Å². The topological polar surface area (TPSA) is 20.3 Å². The number of carbonyl (C=O) groups excluding carboxylic acids is 1. The van der Waals surface area contributed by atoms with Crippen LogP contribution in [0.4, 0.5) is 0 Å². The summed E-state index contributed by atoms with van der Waals surface area (Å²) >= 11 is 1.88. The second-order valence-corrected chi connectivity index (χ2v) is 5.51. The van der Waals surface area contributed by atoms with Crippen LogP contribution in [0.25, 0.3) is 0 Å². The number of thioether (sulfide) groups is 1. The van der Waals surface area contributed by atoms with Crippen LogP contribution in [0.5, 0.6) is 0 Å². The molecule has 1 aliphatic rings. The van der Waals surface area contributed by atoms with E-state index in [1.165, 1.54) is 5.56 Å². The highest BCUT2D eigenvalue weighted by atomic mass is 32.2. The highest BCUT2D eigenvalue weighted by Gasteiger charge is 2.28. The van der Waals surface area contributed by atoms with Crippen molar-refractivity contribution in [3.8, 4) is 0 Å². The molecular formula is C14H19NOS. The Bertz CT molecular complexity index is 366. The Morgan fingerprint density at radius 2 is 2.12 bits per heavy atom. The summed E-state index contributed by atoms with van der Waals surface area (Å²) in [6.45, 7) is 3.06. The van der Waals surface area contributed by atoms with E-state index in [1.807, 2.05) is 34.9 Å². The van der Waals surface area contributed by atoms with Gasteiger partial charge in [-0.3, -0.25) is 4.79 Å². The first-order valence-corrected chi connectivity index (χ1v) is 7.34. The Kier molecular flexibility index (Phi) is 4.49. The van der Waals surface area contributed by atoms with Crippen molar-refractivity contribution < 1.29 is 4.79 Å². The van der Waals surface area contributed by atoms with Crippen LogP contribution in [0.2, 0.25) is 0 Å². The van der Waals surface area contributed by atoms with Gasteiger partial charge >= 0.3 is 0 Å². The van der Waals surface area contributed by atoms with Gasteiger partial charge in [-0.1, -0.05) is 43.7 Å². The van der Waals surface area contributed by atoms with Crippen LogP contribution in [0, 0.1) is 0 Å². The highest BCUT2D eigenvalue weighted by Crippen LogP contribution is 2.37. The van der Waals surface area contributed by atoms with Crippen molar-refractivity contribution in [3.05, 3.63) is 35.9 Å². The fraction of sp³-hybridized carbons (Fsp3) is 0.500. The van der Waals surface area contributed by atoms with E-state index in [-0.39, 0.29) is 5.37 Å². The number of hydrogen-bond donors (Lipinski definition) is 0. The number of nitrogens with zero attached hydrogens (tertiary/aromatic N) is 1. The molecule has 3 heteroatoms. The zero-order chi connectivity index (χ0) is 12.1. The monoisotopic (exact) mass is 249 g/mol. The molecule has 17 heavy (non-hydrogen) atoms. The summed E-state index contributed by atoms with van der Waals surface area (Å²) in [7, 11) is 0. The number of amides is 1. The summed E-state index contributed by atoms with van der Waals surface area (Å²) in [4.78, 5) is 14.0. The molecular weight excluding hydrogens is 230 g/mol. The van der Waals surface area contributed by atoms with Gasteiger partial charge in [0.25, 0.3) is 0 Å². The molecule has 2 nitrogen and oxygen atoms in total. The van der Waals surface area contributed by atoms with E-state index in [2.05, 4.69) is 19.1 Å². The van der Waals surface area contributed by atoms with Crippen molar-refractivity contribution in [1.82, 2.24) is 4.90 Å². The van der Waals surface area contributed by atoms with Crippen LogP contribution in [-0.2, 0) is 4.79 Å². The Labute approximate surface area is 107 Å². The lowest BCUT2D eigenvalue weighted by Gasteiger charge is -2.35. The Hall–Kier alpha value is -0.960. The number of hydrogen-bond acceptors (Lipinski definition) is 2. The van der Waals surface area contributed by atoms with Crippen LogP contribution in [0.15, 0.2) is 30.3 Å². The van der Waals surface area contributed by atoms with Crippen LogP contribution >= 0.6 is 11.8 Å². The van der Waals surface area contributed by atoms with E-state index in [0.717, 1.165) is 25.1 Å². The normalized spacial score (nSPS) is 20.6. The summed E-state index contributed by atoms with van der Waals surface area (Å²) in [6, 6.07) is 10.4. The van der Waals surface area contributed by atoms with E-state index in [0.29, 0.717) is 12.3 Å². The molecule has 1 heterocycles. The SMILES string of the molecule is CCCCN1C(=O)CCSC1c1ccccc1. The highest BCUT2D eigenvalue weighted by molar-refractivity contribution is 7.99. The predicted octanol–water partition coefficient (Wildman–Crippen LogP) is 3.45. The second-order valence-electron chi connectivity index (χ2n) is 4.32. The molecule has 1 amide bonds. The van der Waals surface area contributed by atoms with Crippen molar-refractivity contribution >= 4 is 17.7 Å². The maximum Gasteiger partial charge on any atom is 0.224 e. The molecule has 0 aliphatic carbocycles. The van der Waals surface area contributed by atoms with Gasteiger partial charge < -0.3 is 4.90 Å². The average Bonchev–Trinajstić information content (AvgIpc) is 2.38. The molecule has 0 bridgehead atoms. The maximum atomic E-state index is 12.0. The van der Waals surface area contributed by atoms with E-state index < -0.39 is 0 Å². The van der Waals surface area contributed by atoms with Crippen molar-refractivity contribution in [2.45, 2.75) is 31.6 Å². The van der Waals surface area contributed by atoms with E-state index in [4.69, 9.17) is 0 Å². The first-order chi connectivity index (χ1) is 8.33. The Morgan fingerprint density at radius 3 is 2.82 bits per heavy atom. The molecule has 92 valence electrons. The van der Waals surface area contributed by atoms with Crippen LogP contribution in [0.3, 0.4) is 0 Å². The molecule has 1 aromatic carbocycles. The van der Waals surface area contributed by atoms with Gasteiger partial charge in [0, 0.05) is 18.7 Å². The summed E-state index contributed by atoms with van der Waals surface area (Å²) < 4.78 is 0. The number of carbonyl (C=O) groups is 1. The Morgan fingerprint density at radius 1 is 1.35 bits per heavy atom. The average molecular weight is 249 g/mol. The van der Waals surface area contributed by atoms with Gasteiger partial charge in [-0.25, -0.2) is 0 Å². The molecule has 1 atom stereocenters. The van der Waals surface area contributed by atoms with Crippen LogP contribution < -0.4 is 0 Å². The lowest BCUT2D eigenvalue weighted by Crippen LogP contribution is -2.37. The van der Waals surface area contributed by atoms with Crippen molar-refractivity contribution in [2.24, 2.45) is 0 Å². The third-order valence-electron chi connectivity index (χ3n) is 3.03. The van der Waals surface area contributed by atoms with Gasteiger partial charge in [0.2, 0.25) is 5.91 Å². The quantitative estimate of drug-likeness (QED) is 0.814. The minimum absolute atomic E-state index is 0.226. The smallest absolute Gasteiger partial charge is 0.224 e. The molecule has 2 rings (SSSR count). The standard InChI is InChI=1S/C14H19NOS/c1-2-3-10-15-13(16)9-11-17-14(15)12-7-5-4-6-8-12/h4-8,14H,2-3,9-11H2,1H3. The van der Waals surface area contributed by atoms with Crippen LogP contribution in [0.1, 0.15) is 37.1 Å². The molecule has 1 aromatic rings. The zero-order valence-corrected chi connectivity index (χ0v) is 11.1. The lowest BCUT2D eigenvalue weighted by atomic mass is 10.2. The summed E-state index contributed by atoms with van der Waals surface area (Å²) in [5.41, 5.74) is 1.25. The fourth-order valence-corrected chi connectivity index (χ4v) is 3.35. The number of rotatable bonds is 4. The predicted molar refractivity (Wildman–Crippen MR) is 72.9 cm³/mol. The van der Waals surface area contributed by atoms with Crippen molar-refractivity contribution in [2.75, 3.05) is 12.3 Å². The van der Waals surface area contributed by atoms with E-state index in [1.54, 1.807) is 0 Å². The Balaban J connectivity index is 2.14. The zero-order valence-electron chi connectivity index (χ0n) is 10.3. The molecule has 1 aliphatic heterocycles. The molecule has 1 fully saturated rings. The van der Waals surface area contributed by atoms with E-state index >= 15 is 0 Å². The van der Waals surface area contributed by atoms with Gasteiger partial charge in [-0.15, -0.1) is 11.8 Å². The summed E-state index contributed by atoms with van der Waals surface area (Å²) in [6.07, 6.45) is 2.92. The van der Waals surface area contributed by atoms with Crippen molar-refractivity contribution in [1.29, 1.82) is 0 Å². The minimum atomic E-state index is 0.226. The third-order valence-corrected chi connectivity index (χ3v) is 4.31.